The van der Waals surface area contributed by atoms with Gasteiger partial charge in [-0.1, -0.05) is 49.4 Å². The van der Waals surface area contributed by atoms with E-state index in [4.69, 9.17) is 4.74 Å². The van der Waals surface area contributed by atoms with Crippen LogP contribution in [0.15, 0.2) is 54.6 Å². The first-order valence-corrected chi connectivity index (χ1v) is 8.20. The Labute approximate surface area is 146 Å². The molecule has 3 rings (SSSR count). The van der Waals surface area contributed by atoms with Crippen molar-refractivity contribution in [2.75, 3.05) is 4.90 Å². The molecule has 128 valence electrons. The van der Waals surface area contributed by atoms with Crippen LogP contribution in [0.25, 0.3) is 0 Å². The molecular formula is C20H19NO4. The minimum Gasteiger partial charge on any atom is -0.454 e. The van der Waals surface area contributed by atoms with Gasteiger partial charge >= 0.3 is 5.97 Å². The Morgan fingerprint density at radius 1 is 1.08 bits per heavy atom. The van der Waals surface area contributed by atoms with Crippen LogP contribution in [0.3, 0.4) is 0 Å². The van der Waals surface area contributed by atoms with Gasteiger partial charge in [-0.15, -0.1) is 0 Å². The Bertz CT molecular complexity index is 815. The lowest BCUT2D eigenvalue weighted by Gasteiger charge is -2.19. The van der Waals surface area contributed by atoms with E-state index in [1.54, 1.807) is 38.1 Å². The number of benzene rings is 2. The monoisotopic (exact) mass is 337 g/mol. The van der Waals surface area contributed by atoms with Crippen LogP contribution in [-0.2, 0) is 14.3 Å². The average molecular weight is 337 g/mol. The predicted molar refractivity (Wildman–Crippen MR) is 93.0 cm³/mol. The second-order valence-corrected chi connectivity index (χ2v) is 6.15. The molecule has 0 N–H and O–H groups in total. The fraction of sp³-hybridized carbons (Fsp3) is 0.250. The molecule has 0 bridgehead atoms. The maximum absolute atomic E-state index is 12.6. The minimum atomic E-state index is -0.563. The van der Waals surface area contributed by atoms with Gasteiger partial charge in [-0.25, -0.2) is 9.69 Å². The highest BCUT2D eigenvalue weighted by Crippen LogP contribution is 2.30. The summed E-state index contributed by atoms with van der Waals surface area (Å²) in [5, 5.41) is 0. The van der Waals surface area contributed by atoms with E-state index in [2.05, 4.69) is 0 Å². The summed E-state index contributed by atoms with van der Waals surface area (Å²) in [7, 11) is 0. The number of carbonyl (C=O) groups excluding carboxylic acids is 3. The first-order valence-electron chi connectivity index (χ1n) is 8.20. The third-order valence-corrected chi connectivity index (χ3v) is 4.29. The quantitative estimate of drug-likeness (QED) is 0.633. The largest absolute Gasteiger partial charge is 0.454 e. The lowest BCUT2D eigenvalue weighted by Crippen LogP contribution is -2.31. The van der Waals surface area contributed by atoms with Crippen molar-refractivity contribution >= 4 is 23.5 Å². The number of esters is 1. The van der Waals surface area contributed by atoms with E-state index < -0.39 is 12.1 Å². The van der Waals surface area contributed by atoms with Crippen molar-refractivity contribution in [3.8, 4) is 0 Å². The number of carbonyl (C=O) groups is 3. The van der Waals surface area contributed by atoms with Crippen LogP contribution in [0.1, 0.15) is 42.3 Å². The highest BCUT2D eigenvalue weighted by Gasteiger charge is 2.38. The molecule has 0 aliphatic carbocycles. The molecule has 2 amide bonds. The van der Waals surface area contributed by atoms with Gasteiger partial charge in [0.15, 0.2) is 0 Å². The number of para-hydroxylation sites is 1. The number of ether oxygens (including phenoxy) is 1. The molecule has 1 aliphatic heterocycles. The molecule has 5 heteroatoms. The van der Waals surface area contributed by atoms with Gasteiger partial charge in [-0.05, 0) is 24.6 Å². The molecule has 0 saturated carbocycles. The number of imide groups is 1. The van der Waals surface area contributed by atoms with E-state index in [-0.39, 0.29) is 35.4 Å². The Hall–Kier alpha value is -2.95. The van der Waals surface area contributed by atoms with E-state index in [1.807, 2.05) is 30.3 Å². The first kappa shape index (κ1) is 16.9. The molecule has 2 aromatic carbocycles. The van der Waals surface area contributed by atoms with Crippen molar-refractivity contribution in [2.45, 2.75) is 26.4 Å². The number of hydrogen-bond donors (Lipinski definition) is 0. The zero-order valence-electron chi connectivity index (χ0n) is 14.1. The molecule has 25 heavy (non-hydrogen) atoms. The van der Waals surface area contributed by atoms with E-state index >= 15 is 0 Å². The third-order valence-electron chi connectivity index (χ3n) is 4.29. The van der Waals surface area contributed by atoms with Crippen molar-refractivity contribution < 1.29 is 19.1 Å². The van der Waals surface area contributed by atoms with Crippen molar-refractivity contribution in [3.05, 3.63) is 65.7 Å². The van der Waals surface area contributed by atoms with Crippen LogP contribution >= 0.6 is 0 Å². The summed E-state index contributed by atoms with van der Waals surface area (Å²) in [5.41, 5.74) is 1.36. The Morgan fingerprint density at radius 3 is 2.36 bits per heavy atom. The summed E-state index contributed by atoms with van der Waals surface area (Å²) in [5.74, 6) is -1.53. The van der Waals surface area contributed by atoms with Crippen LogP contribution < -0.4 is 4.90 Å². The van der Waals surface area contributed by atoms with Crippen molar-refractivity contribution in [3.63, 3.8) is 0 Å². The number of amides is 2. The maximum atomic E-state index is 12.6. The number of hydrogen-bond acceptors (Lipinski definition) is 4. The van der Waals surface area contributed by atoms with Gasteiger partial charge in [0, 0.05) is 12.3 Å². The summed E-state index contributed by atoms with van der Waals surface area (Å²) >= 11 is 0. The Balaban J connectivity index is 1.87. The minimum absolute atomic E-state index is 0.155. The van der Waals surface area contributed by atoms with Gasteiger partial charge in [0.1, 0.15) is 6.10 Å². The van der Waals surface area contributed by atoms with Crippen molar-refractivity contribution in [1.82, 2.24) is 0 Å². The van der Waals surface area contributed by atoms with Crippen molar-refractivity contribution in [1.29, 1.82) is 0 Å². The summed E-state index contributed by atoms with van der Waals surface area (Å²) in [6, 6.07) is 15.9. The van der Waals surface area contributed by atoms with Crippen molar-refractivity contribution in [2.24, 2.45) is 5.92 Å². The van der Waals surface area contributed by atoms with E-state index in [0.29, 0.717) is 0 Å². The molecule has 1 fully saturated rings. The molecule has 1 aliphatic rings. The van der Waals surface area contributed by atoms with E-state index in [0.717, 1.165) is 10.5 Å². The lowest BCUT2D eigenvalue weighted by atomic mass is 10.1. The highest BCUT2D eigenvalue weighted by atomic mass is 16.5. The van der Waals surface area contributed by atoms with Gasteiger partial charge in [0.2, 0.25) is 11.8 Å². The zero-order valence-corrected chi connectivity index (χ0v) is 14.1. The lowest BCUT2D eigenvalue weighted by molar-refractivity contribution is -0.122. The van der Waals surface area contributed by atoms with Crippen LogP contribution in [0.5, 0.6) is 0 Å². The standard InChI is InChI=1S/C20H19NO4/c1-13-12-18(22)21(19(13)23)17-11-7-6-10-16(17)20(24)25-14(2)15-8-4-3-5-9-15/h3-11,13-14H,12H2,1-2H3. The van der Waals surface area contributed by atoms with E-state index in [1.165, 1.54) is 0 Å². The zero-order chi connectivity index (χ0) is 18.0. The highest BCUT2D eigenvalue weighted by molar-refractivity contribution is 6.22. The molecule has 1 saturated heterocycles. The van der Waals surface area contributed by atoms with E-state index in [9.17, 15) is 14.4 Å². The average Bonchev–Trinajstić information content (AvgIpc) is 2.87. The van der Waals surface area contributed by atoms with Gasteiger partial charge in [0.25, 0.3) is 0 Å². The molecular weight excluding hydrogens is 318 g/mol. The second-order valence-electron chi connectivity index (χ2n) is 6.15. The fourth-order valence-corrected chi connectivity index (χ4v) is 2.89. The maximum Gasteiger partial charge on any atom is 0.340 e. The predicted octanol–water partition coefficient (Wildman–Crippen LogP) is 3.50. The summed E-state index contributed by atoms with van der Waals surface area (Å²) < 4.78 is 5.53. The molecule has 1 heterocycles. The SMILES string of the molecule is CC1CC(=O)N(c2ccccc2C(=O)OC(C)c2ccccc2)C1=O. The first-order chi connectivity index (χ1) is 12.0. The number of rotatable bonds is 4. The fourth-order valence-electron chi connectivity index (χ4n) is 2.89. The second kappa shape index (κ2) is 6.89. The Morgan fingerprint density at radius 2 is 1.72 bits per heavy atom. The molecule has 0 radical (unpaired) electrons. The molecule has 2 atom stereocenters. The van der Waals surface area contributed by atoms with Gasteiger partial charge < -0.3 is 4.74 Å². The molecule has 0 aromatic heterocycles. The molecule has 0 spiro atoms. The van der Waals surface area contributed by atoms with Gasteiger partial charge in [-0.3, -0.25) is 9.59 Å². The molecule has 5 nitrogen and oxygen atoms in total. The number of anilines is 1. The Kier molecular flexibility index (Phi) is 4.65. The van der Waals surface area contributed by atoms with Crippen LogP contribution in [0.2, 0.25) is 0 Å². The van der Waals surface area contributed by atoms with Gasteiger partial charge in [0.05, 0.1) is 11.3 Å². The van der Waals surface area contributed by atoms with Crippen LogP contribution in [0, 0.1) is 5.92 Å². The molecule has 2 aromatic rings. The molecule has 2 unspecified atom stereocenters. The topological polar surface area (TPSA) is 63.7 Å². The normalized spacial score (nSPS) is 18.3. The van der Waals surface area contributed by atoms with Crippen LogP contribution in [-0.4, -0.2) is 17.8 Å². The number of nitrogens with zero attached hydrogens (tertiary/aromatic N) is 1. The smallest absolute Gasteiger partial charge is 0.340 e. The third kappa shape index (κ3) is 3.31. The van der Waals surface area contributed by atoms with Gasteiger partial charge in [-0.2, -0.15) is 0 Å². The summed E-state index contributed by atoms with van der Waals surface area (Å²) in [4.78, 5) is 38.2. The van der Waals surface area contributed by atoms with Crippen LogP contribution in [0.4, 0.5) is 5.69 Å². The summed E-state index contributed by atoms with van der Waals surface area (Å²) in [6.45, 7) is 3.49. The summed E-state index contributed by atoms with van der Waals surface area (Å²) in [6.07, 6.45) is -0.284.